The number of nitrogens with one attached hydrogen (secondary N) is 1. The van der Waals surface area contributed by atoms with E-state index in [2.05, 4.69) is 5.32 Å². The van der Waals surface area contributed by atoms with Crippen LogP contribution in [0.5, 0.6) is 23.0 Å². The van der Waals surface area contributed by atoms with Crippen LogP contribution in [0, 0.1) is 6.92 Å². The zero-order valence-electron chi connectivity index (χ0n) is 24.6. The lowest BCUT2D eigenvalue weighted by Crippen LogP contribution is -2.55. The summed E-state index contributed by atoms with van der Waals surface area (Å²) in [6.07, 6.45) is 2.87. The molecule has 0 fully saturated rings. The van der Waals surface area contributed by atoms with Crippen LogP contribution in [0.25, 0.3) is 5.57 Å². The fourth-order valence-electron chi connectivity index (χ4n) is 4.86. The van der Waals surface area contributed by atoms with Crippen LogP contribution in [0.4, 0.5) is 5.69 Å². The second-order valence-corrected chi connectivity index (χ2v) is 10.7. The van der Waals surface area contributed by atoms with Crippen LogP contribution in [0.15, 0.2) is 66.6 Å². The molecule has 0 aromatic heterocycles. The van der Waals surface area contributed by atoms with Gasteiger partial charge < -0.3 is 40.5 Å². The highest BCUT2D eigenvalue weighted by atomic mass is 35.5. The van der Waals surface area contributed by atoms with E-state index < -0.39 is 46.0 Å². The molecule has 13 heteroatoms. The number of methoxy groups -OCH3 is 1. The Morgan fingerprint density at radius 2 is 1.66 bits per heavy atom. The maximum absolute atomic E-state index is 13.9. The number of nitrogens with zero attached hydrogens (tertiary/aromatic N) is 1. The van der Waals surface area contributed by atoms with Crippen molar-refractivity contribution in [2.24, 2.45) is 0 Å². The summed E-state index contributed by atoms with van der Waals surface area (Å²) < 4.78 is 5.58. The van der Waals surface area contributed by atoms with Gasteiger partial charge in [0.2, 0.25) is 11.7 Å². The van der Waals surface area contributed by atoms with Gasteiger partial charge in [-0.15, -0.1) is 0 Å². The summed E-state index contributed by atoms with van der Waals surface area (Å²) in [5, 5.41) is 56.1. The van der Waals surface area contributed by atoms with Gasteiger partial charge in [-0.1, -0.05) is 29.3 Å². The molecule has 0 spiro atoms. The number of phenolic OH excluding ortho intramolecular Hbond substituents is 4. The minimum absolute atomic E-state index is 0.0321. The third-order valence-corrected chi connectivity index (χ3v) is 7.17. The summed E-state index contributed by atoms with van der Waals surface area (Å²) >= 11 is 6.21. The minimum Gasteiger partial charge on any atom is -0.507 e. The van der Waals surface area contributed by atoms with E-state index in [9.17, 15) is 39.9 Å². The SMILES string of the molecule is BC(O)(c1c(O)cc(O)c(O)c1O)[C@H](C(=O)Nc1ccc(C)cc1)N(C)/C=C(OC)\C(=C/C=O)c1cc(Cl)ccc1C(C)=O. The van der Waals surface area contributed by atoms with Crippen molar-refractivity contribution < 1.29 is 44.7 Å². The molecule has 0 radical (unpaired) electrons. The molecule has 11 nitrogen and oxygen atoms in total. The van der Waals surface area contributed by atoms with Crippen LogP contribution < -0.4 is 5.32 Å². The first-order valence-corrected chi connectivity index (χ1v) is 13.5. The first kappa shape index (κ1) is 33.6. The Balaban J connectivity index is 2.24. The number of carbonyl (C=O) groups is 3. The van der Waals surface area contributed by atoms with Crippen molar-refractivity contribution in [2.75, 3.05) is 19.5 Å². The van der Waals surface area contributed by atoms with Gasteiger partial charge in [0.05, 0.1) is 18.2 Å². The number of hydrogen-bond acceptors (Lipinski definition) is 10. The highest BCUT2D eigenvalue weighted by Crippen LogP contribution is 2.48. The van der Waals surface area contributed by atoms with Crippen LogP contribution in [0.1, 0.15) is 34.0 Å². The minimum atomic E-state index is -2.46. The number of amides is 1. The van der Waals surface area contributed by atoms with Gasteiger partial charge in [0, 0.05) is 41.2 Å². The Hall–Kier alpha value is -4.94. The lowest BCUT2D eigenvalue weighted by Gasteiger charge is -2.39. The fraction of sp³-hybridized carbons (Fsp3) is 0.194. The Bertz CT molecular complexity index is 1650. The third-order valence-electron chi connectivity index (χ3n) is 6.94. The number of aliphatic hydroxyl groups is 1. The summed E-state index contributed by atoms with van der Waals surface area (Å²) in [6.45, 7) is 3.19. The number of ketones is 1. The Labute approximate surface area is 259 Å². The Kier molecular flexibility index (Phi) is 10.4. The molecule has 0 bridgehead atoms. The second kappa shape index (κ2) is 13.6. The lowest BCUT2D eigenvalue weighted by atomic mass is 9.68. The molecule has 44 heavy (non-hydrogen) atoms. The highest BCUT2D eigenvalue weighted by molar-refractivity contribution is 6.31. The van der Waals surface area contributed by atoms with Crippen molar-refractivity contribution in [1.29, 1.82) is 0 Å². The first-order valence-electron chi connectivity index (χ1n) is 13.2. The van der Waals surface area contributed by atoms with E-state index in [0.717, 1.165) is 19.5 Å². The smallest absolute Gasteiger partial charge is 0.249 e. The number of aldehydes is 1. The predicted octanol–water partition coefficient (Wildman–Crippen LogP) is 3.16. The van der Waals surface area contributed by atoms with Gasteiger partial charge in [-0.2, -0.15) is 0 Å². The van der Waals surface area contributed by atoms with Crippen molar-refractivity contribution in [3.8, 4) is 23.0 Å². The molecule has 230 valence electrons. The molecule has 3 aromatic rings. The van der Waals surface area contributed by atoms with E-state index in [0.29, 0.717) is 18.0 Å². The van der Waals surface area contributed by atoms with Gasteiger partial charge in [0.15, 0.2) is 25.1 Å². The van der Waals surface area contributed by atoms with Crippen LogP contribution in [0.3, 0.4) is 0 Å². The average Bonchev–Trinajstić information content (AvgIpc) is 2.94. The molecule has 1 unspecified atom stereocenters. The molecular formula is C31H32BClN2O9. The van der Waals surface area contributed by atoms with Crippen LogP contribution in [-0.4, -0.2) is 76.5 Å². The summed E-state index contributed by atoms with van der Waals surface area (Å²) in [4.78, 5) is 39.2. The van der Waals surface area contributed by atoms with Gasteiger partial charge in [-0.25, -0.2) is 0 Å². The molecule has 6 N–H and O–H groups in total. The predicted molar refractivity (Wildman–Crippen MR) is 167 cm³/mol. The van der Waals surface area contributed by atoms with Gasteiger partial charge in [-0.05, 0) is 55.8 Å². The zero-order chi connectivity index (χ0) is 32.9. The Morgan fingerprint density at radius 3 is 2.23 bits per heavy atom. The highest BCUT2D eigenvalue weighted by Gasteiger charge is 2.45. The number of ether oxygens (including phenoxy) is 1. The van der Waals surface area contributed by atoms with Crippen molar-refractivity contribution >= 4 is 48.7 Å². The average molecular weight is 623 g/mol. The van der Waals surface area contributed by atoms with E-state index in [1.807, 2.05) is 6.92 Å². The van der Waals surface area contributed by atoms with Crippen molar-refractivity contribution in [3.05, 3.63) is 93.8 Å². The maximum Gasteiger partial charge on any atom is 0.249 e. The first-order chi connectivity index (χ1) is 20.6. The van der Waals surface area contributed by atoms with Crippen LogP contribution in [0.2, 0.25) is 5.02 Å². The van der Waals surface area contributed by atoms with Crippen molar-refractivity contribution in [1.82, 2.24) is 4.90 Å². The number of likely N-dealkylation sites (N-methyl/N-ethyl adjacent to an activating group) is 1. The summed E-state index contributed by atoms with van der Waals surface area (Å²) in [7, 11) is 3.77. The van der Waals surface area contributed by atoms with E-state index in [4.69, 9.17) is 16.3 Å². The maximum atomic E-state index is 13.9. The number of carbonyl (C=O) groups excluding carboxylic acids is 3. The number of benzene rings is 3. The number of rotatable bonds is 11. The number of aryl methyl sites for hydroxylation is 1. The summed E-state index contributed by atoms with van der Waals surface area (Å²) in [6, 6.07) is 10.2. The third kappa shape index (κ3) is 6.99. The molecule has 0 heterocycles. The number of allylic oxidation sites excluding steroid dienone is 2. The fourth-order valence-corrected chi connectivity index (χ4v) is 5.03. The van der Waals surface area contributed by atoms with Crippen molar-refractivity contribution in [3.63, 3.8) is 0 Å². The van der Waals surface area contributed by atoms with Gasteiger partial charge >= 0.3 is 0 Å². The zero-order valence-corrected chi connectivity index (χ0v) is 25.4. The molecule has 2 atom stereocenters. The van der Waals surface area contributed by atoms with Crippen LogP contribution >= 0.6 is 11.6 Å². The number of Topliss-reactive ketones (excluding diaryl/α,β-unsaturated/α-hetero) is 1. The van der Waals surface area contributed by atoms with E-state index in [1.54, 1.807) is 24.3 Å². The number of halogens is 1. The molecule has 0 saturated heterocycles. The monoisotopic (exact) mass is 622 g/mol. The molecule has 0 aliphatic carbocycles. The topological polar surface area (TPSA) is 177 Å². The number of phenols is 4. The Morgan fingerprint density at radius 1 is 1.02 bits per heavy atom. The number of hydrogen-bond donors (Lipinski definition) is 6. The largest absolute Gasteiger partial charge is 0.507 e. The summed E-state index contributed by atoms with van der Waals surface area (Å²) in [5.74, 6) is -4.94. The molecule has 1 amide bonds. The van der Waals surface area contributed by atoms with Crippen LogP contribution in [-0.2, 0) is 19.8 Å². The van der Waals surface area contributed by atoms with Gasteiger partial charge in [0.25, 0.3) is 0 Å². The quantitative estimate of drug-likeness (QED) is 0.0272. The van der Waals surface area contributed by atoms with E-state index in [1.165, 1.54) is 50.4 Å². The normalized spacial score (nSPS) is 13.9. The van der Waals surface area contributed by atoms with Gasteiger partial charge in [-0.3, -0.25) is 14.4 Å². The molecule has 0 aliphatic rings. The van der Waals surface area contributed by atoms with E-state index in [-0.39, 0.29) is 33.3 Å². The van der Waals surface area contributed by atoms with Crippen molar-refractivity contribution in [2.45, 2.75) is 25.4 Å². The lowest BCUT2D eigenvalue weighted by molar-refractivity contribution is -0.125. The van der Waals surface area contributed by atoms with Gasteiger partial charge in [0.1, 0.15) is 23.8 Å². The molecule has 0 aliphatic heterocycles. The standard InChI is InChI=1S/C31H32BClN2O9/c1-16-5-8-19(9-6-16)34-30(42)29(31(32,43)26-23(38)14-24(39)27(40)28(26)41)35(3)15-25(44-4)21(11-12-36)22-13-18(33)7-10-20(22)17(2)37/h5-15,29,38-41,43H,32H2,1-4H3,(H,34,42)/b21-11-,25-15+/t29-,31?/m0/s1. The summed E-state index contributed by atoms with van der Waals surface area (Å²) in [5.41, 5.74) is -1.24. The molecule has 3 rings (SSSR count). The molecular weight excluding hydrogens is 591 g/mol. The molecule has 0 saturated carbocycles. The number of anilines is 1. The molecule has 3 aromatic carbocycles. The second-order valence-electron chi connectivity index (χ2n) is 10.2. The van der Waals surface area contributed by atoms with E-state index >= 15 is 0 Å². The number of aromatic hydroxyl groups is 4.